The quantitative estimate of drug-likeness (QED) is 0.564. The summed E-state index contributed by atoms with van der Waals surface area (Å²) in [5, 5.41) is 6.63. The first-order valence-electron chi connectivity index (χ1n) is 10.4. The van der Waals surface area contributed by atoms with Crippen molar-refractivity contribution >= 4 is 46.2 Å². The highest BCUT2D eigenvalue weighted by Gasteiger charge is 2.15. The molecule has 0 bridgehead atoms. The molecule has 2 N–H and O–H groups in total. The number of rotatable bonds is 6. The van der Waals surface area contributed by atoms with Crippen molar-refractivity contribution in [3.05, 3.63) is 53.1 Å². The van der Waals surface area contributed by atoms with Crippen LogP contribution in [0.3, 0.4) is 0 Å². The van der Waals surface area contributed by atoms with Crippen molar-refractivity contribution in [3.8, 4) is 5.75 Å². The molecule has 0 saturated carbocycles. The molecule has 1 amide bonds. The minimum Gasteiger partial charge on any atom is -0.491 e. The van der Waals surface area contributed by atoms with Crippen LogP contribution in [0.25, 0.3) is 0 Å². The molecule has 2 aromatic rings. The summed E-state index contributed by atoms with van der Waals surface area (Å²) in [4.78, 5) is 14.8. The average molecular weight is 446 g/mol. The second-order valence-corrected chi connectivity index (χ2v) is 8.30. The molecule has 1 aliphatic rings. The molecule has 0 spiro atoms. The summed E-state index contributed by atoms with van der Waals surface area (Å²) in [5.41, 5.74) is 2.29. The van der Waals surface area contributed by atoms with Crippen LogP contribution in [0.4, 0.5) is 11.4 Å². The lowest BCUT2D eigenvalue weighted by atomic mass is 10.1. The molecule has 160 valence electrons. The van der Waals surface area contributed by atoms with Gasteiger partial charge in [0.25, 0.3) is 5.91 Å². The van der Waals surface area contributed by atoms with Crippen molar-refractivity contribution in [2.24, 2.45) is 0 Å². The molecule has 2 aromatic carbocycles. The zero-order valence-electron chi connectivity index (χ0n) is 17.4. The predicted octanol–water partition coefficient (Wildman–Crippen LogP) is 5.63. The van der Waals surface area contributed by atoms with E-state index in [4.69, 9.17) is 28.6 Å². The smallest absolute Gasteiger partial charge is 0.257 e. The summed E-state index contributed by atoms with van der Waals surface area (Å²) in [7, 11) is 0. The van der Waals surface area contributed by atoms with Gasteiger partial charge >= 0.3 is 0 Å². The third kappa shape index (κ3) is 6.09. The van der Waals surface area contributed by atoms with Gasteiger partial charge in [0.15, 0.2) is 5.11 Å². The topological polar surface area (TPSA) is 53.6 Å². The minimum absolute atomic E-state index is 0.134. The van der Waals surface area contributed by atoms with E-state index in [-0.39, 0.29) is 17.1 Å². The number of hydrogen-bond donors (Lipinski definition) is 2. The number of ether oxygens (including phenoxy) is 1. The maximum Gasteiger partial charge on any atom is 0.257 e. The third-order valence-electron chi connectivity index (χ3n) is 5.16. The van der Waals surface area contributed by atoms with E-state index in [0.717, 1.165) is 36.6 Å². The van der Waals surface area contributed by atoms with Crippen molar-refractivity contribution in [3.63, 3.8) is 0 Å². The first-order chi connectivity index (χ1) is 14.5. The zero-order valence-corrected chi connectivity index (χ0v) is 19.0. The van der Waals surface area contributed by atoms with Gasteiger partial charge in [0.2, 0.25) is 0 Å². The molecule has 7 heteroatoms. The molecule has 30 heavy (non-hydrogen) atoms. The molecule has 1 aliphatic heterocycles. The molecule has 1 fully saturated rings. The summed E-state index contributed by atoms with van der Waals surface area (Å²) in [5.74, 6) is 0.462. The Balaban J connectivity index is 1.55. The summed E-state index contributed by atoms with van der Waals surface area (Å²) in [6, 6.07) is 12.8. The fraction of sp³-hybridized carbons (Fsp3) is 0.391. The first-order valence-corrected chi connectivity index (χ1v) is 11.2. The molecular formula is C23H28ClN3O2S. The second kappa shape index (κ2) is 10.6. The molecule has 0 aromatic heterocycles. The summed E-state index contributed by atoms with van der Waals surface area (Å²) in [6.45, 7) is 6.13. The van der Waals surface area contributed by atoms with Crippen LogP contribution in [-0.2, 0) is 0 Å². The Morgan fingerprint density at radius 3 is 2.50 bits per heavy atom. The van der Waals surface area contributed by atoms with Crippen LogP contribution >= 0.6 is 23.8 Å². The number of benzene rings is 2. The molecule has 1 saturated heterocycles. The lowest BCUT2D eigenvalue weighted by Gasteiger charge is -2.29. The minimum atomic E-state index is -0.279. The lowest BCUT2D eigenvalue weighted by molar-refractivity contribution is 0.0977. The number of carbonyl (C=O) groups is 1. The van der Waals surface area contributed by atoms with Gasteiger partial charge in [-0.2, -0.15) is 0 Å². The van der Waals surface area contributed by atoms with Gasteiger partial charge in [0.05, 0.1) is 16.8 Å². The fourth-order valence-corrected chi connectivity index (χ4v) is 3.82. The van der Waals surface area contributed by atoms with Gasteiger partial charge in [-0.15, -0.1) is 0 Å². The van der Waals surface area contributed by atoms with Gasteiger partial charge < -0.3 is 15.0 Å². The Morgan fingerprint density at radius 2 is 1.87 bits per heavy atom. The number of nitrogens with zero attached hydrogens (tertiary/aromatic N) is 1. The SMILES string of the molecule is CC[C@@H](C)Oc1ccc(C(=O)NC(=S)Nc2ccc(N3CCCCC3)c(Cl)c2)cc1. The van der Waals surface area contributed by atoms with Crippen LogP contribution < -0.4 is 20.3 Å². The molecular weight excluding hydrogens is 418 g/mol. The van der Waals surface area contributed by atoms with E-state index in [0.29, 0.717) is 10.6 Å². The number of nitrogens with one attached hydrogen (secondary N) is 2. The highest BCUT2D eigenvalue weighted by atomic mass is 35.5. The van der Waals surface area contributed by atoms with E-state index >= 15 is 0 Å². The van der Waals surface area contributed by atoms with Crippen molar-refractivity contribution in [1.82, 2.24) is 5.32 Å². The van der Waals surface area contributed by atoms with Gasteiger partial charge in [-0.05, 0) is 87.3 Å². The third-order valence-corrected chi connectivity index (χ3v) is 5.66. The number of thiocarbonyl (C=S) groups is 1. The van der Waals surface area contributed by atoms with E-state index in [1.54, 1.807) is 24.3 Å². The average Bonchev–Trinajstić information content (AvgIpc) is 2.74. The van der Waals surface area contributed by atoms with Gasteiger partial charge in [0, 0.05) is 24.3 Å². The number of carbonyl (C=O) groups excluding carboxylic acids is 1. The van der Waals surface area contributed by atoms with Gasteiger partial charge in [-0.3, -0.25) is 10.1 Å². The van der Waals surface area contributed by atoms with Crippen LogP contribution in [0, 0.1) is 0 Å². The normalized spacial score (nSPS) is 14.7. The number of hydrogen-bond acceptors (Lipinski definition) is 4. The molecule has 1 heterocycles. The van der Waals surface area contributed by atoms with Crippen LogP contribution in [0.5, 0.6) is 5.75 Å². The predicted molar refractivity (Wildman–Crippen MR) is 128 cm³/mol. The number of piperidine rings is 1. The van der Waals surface area contributed by atoms with Crippen molar-refractivity contribution in [1.29, 1.82) is 0 Å². The zero-order chi connectivity index (χ0) is 21.5. The highest BCUT2D eigenvalue weighted by molar-refractivity contribution is 7.80. The Bertz CT molecular complexity index is 883. The Morgan fingerprint density at radius 1 is 1.17 bits per heavy atom. The lowest BCUT2D eigenvalue weighted by Crippen LogP contribution is -2.34. The second-order valence-electron chi connectivity index (χ2n) is 7.48. The Labute approximate surface area is 188 Å². The van der Waals surface area contributed by atoms with Gasteiger partial charge in [0.1, 0.15) is 5.75 Å². The van der Waals surface area contributed by atoms with Gasteiger partial charge in [-0.1, -0.05) is 18.5 Å². The molecule has 0 radical (unpaired) electrons. The number of halogens is 1. The van der Waals surface area contributed by atoms with Crippen LogP contribution in [0.1, 0.15) is 49.9 Å². The summed E-state index contributed by atoms with van der Waals surface area (Å²) >= 11 is 11.8. The van der Waals surface area contributed by atoms with Gasteiger partial charge in [-0.25, -0.2) is 0 Å². The van der Waals surface area contributed by atoms with Crippen LogP contribution in [0.15, 0.2) is 42.5 Å². The van der Waals surface area contributed by atoms with Crippen molar-refractivity contribution in [2.45, 2.75) is 45.6 Å². The standard InChI is InChI=1S/C23H28ClN3O2S/c1-3-16(2)29-19-10-7-17(8-11-19)22(28)26-23(30)25-18-9-12-21(20(24)15-18)27-13-5-4-6-14-27/h7-12,15-16H,3-6,13-14H2,1-2H3,(H2,25,26,28,30)/t16-/m1/s1. The largest absolute Gasteiger partial charge is 0.491 e. The van der Waals surface area contributed by atoms with Crippen LogP contribution in [0.2, 0.25) is 5.02 Å². The van der Waals surface area contributed by atoms with E-state index < -0.39 is 0 Å². The maximum atomic E-state index is 12.5. The van der Waals surface area contributed by atoms with E-state index in [1.165, 1.54) is 19.3 Å². The van der Waals surface area contributed by atoms with Crippen molar-refractivity contribution < 1.29 is 9.53 Å². The molecule has 3 rings (SSSR count). The summed E-state index contributed by atoms with van der Waals surface area (Å²) < 4.78 is 5.74. The number of amides is 1. The van der Waals surface area contributed by atoms with Crippen molar-refractivity contribution in [2.75, 3.05) is 23.3 Å². The van der Waals surface area contributed by atoms with E-state index in [1.807, 2.05) is 25.1 Å². The summed E-state index contributed by atoms with van der Waals surface area (Å²) in [6.07, 6.45) is 4.71. The molecule has 1 atom stereocenters. The molecule has 5 nitrogen and oxygen atoms in total. The maximum absolute atomic E-state index is 12.5. The Hall–Kier alpha value is -2.31. The fourth-order valence-electron chi connectivity index (χ4n) is 3.31. The van der Waals surface area contributed by atoms with E-state index in [9.17, 15) is 4.79 Å². The van der Waals surface area contributed by atoms with E-state index in [2.05, 4.69) is 22.5 Å². The molecule has 0 unspecified atom stereocenters. The van der Waals surface area contributed by atoms with Crippen LogP contribution in [-0.4, -0.2) is 30.2 Å². The highest BCUT2D eigenvalue weighted by Crippen LogP contribution is 2.30. The Kier molecular flexibility index (Phi) is 7.94. The monoisotopic (exact) mass is 445 g/mol. The molecule has 0 aliphatic carbocycles. The first kappa shape index (κ1) is 22.4. The number of anilines is 2.